The van der Waals surface area contributed by atoms with Gasteiger partial charge in [-0.25, -0.2) is 4.98 Å². The van der Waals surface area contributed by atoms with Crippen LogP contribution in [0.1, 0.15) is 31.1 Å². The molecule has 2 aromatic rings. The fourth-order valence-corrected chi connectivity index (χ4v) is 2.83. The lowest BCUT2D eigenvalue weighted by Crippen LogP contribution is -2.22. The molecule has 1 amide bonds. The number of amides is 1. The second-order valence-electron chi connectivity index (χ2n) is 4.88. The molecule has 6 heteroatoms. The van der Waals surface area contributed by atoms with Gasteiger partial charge >= 0.3 is 0 Å². The minimum atomic E-state index is -0.264. The van der Waals surface area contributed by atoms with Crippen LogP contribution in [0.25, 0.3) is 0 Å². The van der Waals surface area contributed by atoms with E-state index in [1.54, 1.807) is 30.5 Å². The van der Waals surface area contributed by atoms with Crippen molar-refractivity contribution in [2.45, 2.75) is 37.7 Å². The van der Waals surface area contributed by atoms with E-state index in [4.69, 9.17) is 0 Å². The number of nitrogens with zero attached hydrogens (tertiary/aromatic N) is 2. The van der Waals surface area contributed by atoms with Gasteiger partial charge in [0.05, 0.1) is 5.25 Å². The van der Waals surface area contributed by atoms with E-state index in [2.05, 4.69) is 10.3 Å². The highest BCUT2D eigenvalue weighted by molar-refractivity contribution is 8.00. The van der Waals surface area contributed by atoms with Gasteiger partial charge in [-0.15, -0.1) is 0 Å². The molecule has 0 aliphatic heterocycles. The first-order valence-corrected chi connectivity index (χ1v) is 7.99. The number of aromatic nitrogens is 2. The van der Waals surface area contributed by atoms with E-state index in [1.165, 1.54) is 18.7 Å². The Hall–Kier alpha value is -2.08. The van der Waals surface area contributed by atoms with E-state index >= 15 is 0 Å². The van der Waals surface area contributed by atoms with Gasteiger partial charge in [0.2, 0.25) is 5.91 Å². The van der Waals surface area contributed by atoms with Crippen molar-refractivity contribution < 1.29 is 9.59 Å². The van der Waals surface area contributed by atoms with E-state index in [1.807, 2.05) is 24.6 Å². The summed E-state index contributed by atoms with van der Waals surface area (Å²) in [5, 5.41) is 3.42. The molecule has 0 saturated carbocycles. The number of ketones is 1. The first-order valence-electron chi connectivity index (χ1n) is 7.11. The number of rotatable bonds is 6. The number of hydrogen-bond donors (Lipinski definition) is 1. The molecule has 0 saturated heterocycles. The van der Waals surface area contributed by atoms with Gasteiger partial charge in [0, 0.05) is 30.2 Å². The topological polar surface area (TPSA) is 64.0 Å². The third-order valence-corrected chi connectivity index (χ3v) is 4.35. The standard InChI is InChI=1S/C16H19N3O2S/c1-4-19-10-9-17-16(19)22-12(3)15(21)18-14-7-5-13(6-8-14)11(2)20/h5-10,12H,4H2,1-3H3,(H,18,21)/t12-/m1/s1. The molecule has 116 valence electrons. The quantitative estimate of drug-likeness (QED) is 0.656. The average Bonchev–Trinajstić information content (AvgIpc) is 2.94. The van der Waals surface area contributed by atoms with Crippen LogP contribution in [0.15, 0.2) is 41.8 Å². The Morgan fingerprint density at radius 3 is 2.59 bits per heavy atom. The molecule has 22 heavy (non-hydrogen) atoms. The third kappa shape index (κ3) is 3.98. The van der Waals surface area contributed by atoms with Crippen molar-refractivity contribution in [3.63, 3.8) is 0 Å². The minimum Gasteiger partial charge on any atom is -0.326 e. The maximum Gasteiger partial charge on any atom is 0.237 e. The second-order valence-corrected chi connectivity index (χ2v) is 6.19. The summed E-state index contributed by atoms with van der Waals surface area (Å²) in [6, 6.07) is 6.89. The SMILES string of the molecule is CCn1ccnc1S[C@H](C)C(=O)Nc1ccc(C(C)=O)cc1. The van der Waals surface area contributed by atoms with Crippen LogP contribution in [0, 0.1) is 0 Å². The van der Waals surface area contributed by atoms with Crippen LogP contribution < -0.4 is 5.32 Å². The number of anilines is 1. The molecule has 2 rings (SSSR count). The molecule has 1 heterocycles. The Bertz CT molecular complexity index is 664. The minimum absolute atomic E-state index is 0.00759. The van der Waals surface area contributed by atoms with Gasteiger partial charge in [-0.3, -0.25) is 9.59 Å². The van der Waals surface area contributed by atoms with E-state index in [0.717, 1.165) is 11.7 Å². The zero-order valence-electron chi connectivity index (χ0n) is 12.9. The van der Waals surface area contributed by atoms with Gasteiger partial charge in [-0.2, -0.15) is 0 Å². The number of imidazole rings is 1. The van der Waals surface area contributed by atoms with Crippen molar-refractivity contribution in [2.75, 3.05) is 5.32 Å². The number of thioether (sulfide) groups is 1. The monoisotopic (exact) mass is 317 g/mol. The number of carbonyl (C=O) groups is 2. The number of benzene rings is 1. The van der Waals surface area contributed by atoms with E-state index in [9.17, 15) is 9.59 Å². The molecule has 0 aliphatic rings. The number of hydrogen-bond acceptors (Lipinski definition) is 4. The molecular formula is C16H19N3O2S. The Balaban J connectivity index is 1.97. The van der Waals surface area contributed by atoms with Crippen LogP contribution in [0.2, 0.25) is 0 Å². The summed E-state index contributed by atoms with van der Waals surface area (Å²) in [4.78, 5) is 27.7. The van der Waals surface area contributed by atoms with Gasteiger partial charge in [-0.05, 0) is 45.0 Å². The van der Waals surface area contributed by atoms with Crippen LogP contribution in [-0.4, -0.2) is 26.5 Å². The molecule has 1 N–H and O–H groups in total. The predicted octanol–water partition coefficient (Wildman–Crippen LogP) is 3.22. The van der Waals surface area contributed by atoms with Crippen LogP contribution >= 0.6 is 11.8 Å². The largest absolute Gasteiger partial charge is 0.326 e. The van der Waals surface area contributed by atoms with Crippen molar-refractivity contribution in [1.82, 2.24) is 9.55 Å². The van der Waals surface area contributed by atoms with Crippen molar-refractivity contribution >= 4 is 29.1 Å². The van der Waals surface area contributed by atoms with Gasteiger partial charge in [-0.1, -0.05) is 11.8 Å². The van der Waals surface area contributed by atoms with Gasteiger partial charge in [0.15, 0.2) is 10.9 Å². The Morgan fingerprint density at radius 2 is 2.00 bits per heavy atom. The summed E-state index contributed by atoms with van der Waals surface area (Å²) in [6.07, 6.45) is 3.63. The van der Waals surface area contributed by atoms with E-state index < -0.39 is 0 Å². The van der Waals surface area contributed by atoms with Crippen molar-refractivity contribution in [2.24, 2.45) is 0 Å². The summed E-state index contributed by atoms with van der Waals surface area (Å²) >= 11 is 1.42. The molecule has 5 nitrogen and oxygen atoms in total. The van der Waals surface area contributed by atoms with Crippen LogP contribution in [0.4, 0.5) is 5.69 Å². The van der Waals surface area contributed by atoms with E-state index in [-0.39, 0.29) is 16.9 Å². The number of carbonyl (C=O) groups excluding carboxylic acids is 2. The Kier molecular flexibility index (Phi) is 5.38. The molecule has 0 unspecified atom stereocenters. The van der Waals surface area contributed by atoms with Gasteiger partial charge in [0.1, 0.15) is 0 Å². The summed E-state index contributed by atoms with van der Waals surface area (Å²) in [6.45, 7) is 6.22. The maximum absolute atomic E-state index is 12.2. The highest BCUT2D eigenvalue weighted by Crippen LogP contribution is 2.22. The summed E-state index contributed by atoms with van der Waals surface area (Å²) in [7, 11) is 0. The molecule has 0 radical (unpaired) electrons. The summed E-state index contributed by atoms with van der Waals surface area (Å²) in [5.41, 5.74) is 1.31. The van der Waals surface area contributed by atoms with Crippen molar-refractivity contribution in [3.05, 3.63) is 42.2 Å². The van der Waals surface area contributed by atoms with Gasteiger partial charge < -0.3 is 9.88 Å². The lowest BCUT2D eigenvalue weighted by Gasteiger charge is -2.12. The molecular weight excluding hydrogens is 298 g/mol. The number of Topliss-reactive ketones (excluding diaryl/α,β-unsaturated/α-hetero) is 1. The summed E-state index contributed by atoms with van der Waals surface area (Å²) in [5.74, 6) is -0.0839. The molecule has 0 spiro atoms. The second kappa shape index (κ2) is 7.26. The molecule has 1 aromatic carbocycles. The van der Waals surface area contributed by atoms with Crippen molar-refractivity contribution in [3.8, 4) is 0 Å². The smallest absolute Gasteiger partial charge is 0.237 e. The third-order valence-electron chi connectivity index (χ3n) is 3.23. The van der Waals surface area contributed by atoms with Crippen molar-refractivity contribution in [1.29, 1.82) is 0 Å². The fourth-order valence-electron chi connectivity index (χ4n) is 1.90. The zero-order valence-corrected chi connectivity index (χ0v) is 13.7. The maximum atomic E-state index is 12.2. The summed E-state index contributed by atoms with van der Waals surface area (Å²) < 4.78 is 2.00. The lowest BCUT2D eigenvalue weighted by atomic mass is 10.1. The van der Waals surface area contributed by atoms with Crippen LogP contribution in [-0.2, 0) is 11.3 Å². The number of aryl methyl sites for hydroxylation is 1. The molecule has 1 atom stereocenters. The number of nitrogens with one attached hydrogen (secondary N) is 1. The Morgan fingerprint density at radius 1 is 1.32 bits per heavy atom. The normalized spacial score (nSPS) is 12.0. The zero-order chi connectivity index (χ0) is 16.1. The predicted molar refractivity (Wildman–Crippen MR) is 88.3 cm³/mol. The van der Waals surface area contributed by atoms with Crippen LogP contribution in [0.5, 0.6) is 0 Å². The van der Waals surface area contributed by atoms with Gasteiger partial charge in [0.25, 0.3) is 0 Å². The molecule has 1 aromatic heterocycles. The Labute approximate surface area is 134 Å². The molecule has 0 aliphatic carbocycles. The van der Waals surface area contributed by atoms with Crippen LogP contribution in [0.3, 0.4) is 0 Å². The molecule has 0 bridgehead atoms. The average molecular weight is 317 g/mol. The first-order chi connectivity index (χ1) is 10.5. The first kappa shape index (κ1) is 16.3. The highest BCUT2D eigenvalue weighted by Gasteiger charge is 2.17. The lowest BCUT2D eigenvalue weighted by molar-refractivity contribution is -0.115. The molecule has 0 fully saturated rings. The highest BCUT2D eigenvalue weighted by atomic mass is 32.2. The fraction of sp³-hybridized carbons (Fsp3) is 0.312. The van der Waals surface area contributed by atoms with E-state index in [0.29, 0.717) is 11.3 Å².